The fourth-order valence-electron chi connectivity index (χ4n) is 2.69. The first-order valence-electron chi connectivity index (χ1n) is 6.58. The zero-order chi connectivity index (χ0) is 12.5. The van der Waals surface area contributed by atoms with Crippen molar-refractivity contribution in [2.24, 2.45) is 5.92 Å². The summed E-state index contributed by atoms with van der Waals surface area (Å²) in [5.74, 6) is 1.97. The van der Waals surface area contributed by atoms with Crippen LogP contribution in [0.5, 0.6) is 5.75 Å². The van der Waals surface area contributed by atoms with Gasteiger partial charge in [-0.1, -0.05) is 19.1 Å². The number of para-hydroxylation sites is 1. The van der Waals surface area contributed by atoms with E-state index in [4.69, 9.17) is 0 Å². The minimum atomic E-state index is 0.263. The maximum Gasteiger partial charge on any atom is 0.141 e. The zero-order valence-corrected chi connectivity index (χ0v) is 10.6. The Morgan fingerprint density at radius 2 is 2.17 bits per heavy atom. The second-order valence-electron chi connectivity index (χ2n) is 5.21. The Labute approximate surface area is 107 Å². The van der Waals surface area contributed by atoms with E-state index in [-0.39, 0.29) is 5.75 Å². The second kappa shape index (κ2) is 4.48. The van der Waals surface area contributed by atoms with Gasteiger partial charge in [-0.15, -0.1) is 0 Å². The Kier molecular flexibility index (Phi) is 2.82. The molecule has 1 unspecified atom stereocenters. The molecule has 1 fully saturated rings. The minimum Gasteiger partial charge on any atom is -0.506 e. The molecular weight excluding hydrogens is 224 g/mol. The number of aromatic nitrogens is 1. The summed E-state index contributed by atoms with van der Waals surface area (Å²) in [6.07, 6.45) is 2.52. The van der Waals surface area contributed by atoms with Crippen LogP contribution in [0.4, 0.5) is 5.82 Å². The van der Waals surface area contributed by atoms with Gasteiger partial charge in [-0.3, -0.25) is 0 Å². The SMILES string of the molecule is CC1CCCN(c2ccc3cccc(O)c3n2)C1. The lowest BCUT2D eigenvalue weighted by Gasteiger charge is -2.31. The number of piperidine rings is 1. The van der Waals surface area contributed by atoms with Crippen molar-refractivity contribution in [3.05, 3.63) is 30.3 Å². The van der Waals surface area contributed by atoms with Gasteiger partial charge in [0.05, 0.1) is 0 Å². The molecule has 1 aliphatic rings. The fourth-order valence-corrected chi connectivity index (χ4v) is 2.69. The van der Waals surface area contributed by atoms with Gasteiger partial charge in [-0.2, -0.15) is 0 Å². The number of phenolic OH excluding ortho intramolecular Hbond substituents is 1. The van der Waals surface area contributed by atoms with Crippen LogP contribution in [-0.2, 0) is 0 Å². The number of phenols is 1. The molecule has 1 aromatic heterocycles. The van der Waals surface area contributed by atoms with Crippen LogP contribution in [-0.4, -0.2) is 23.2 Å². The average Bonchev–Trinajstić information content (AvgIpc) is 2.39. The van der Waals surface area contributed by atoms with Crippen molar-refractivity contribution in [1.82, 2.24) is 4.98 Å². The van der Waals surface area contributed by atoms with Crippen molar-refractivity contribution >= 4 is 16.7 Å². The maximum absolute atomic E-state index is 9.86. The predicted octanol–water partition coefficient (Wildman–Crippen LogP) is 3.18. The van der Waals surface area contributed by atoms with Crippen molar-refractivity contribution < 1.29 is 5.11 Å². The molecule has 2 heterocycles. The number of rotatable bonds is 1. The molecule has 94 valence electrons. The lowest BCUT2D eigenvalue weighted by atomic mass is 10.0. The van der Waals surface area contributed by atoms with Crippen molar-refractivity contribution in [3.63, 3.8) is 0 Å². The average molecular weight is 242 g/mol. The lowest BCUT2D eigenvalue weighted by molar-refractivity contribution is 0.444. The molecular formula is C15H18N2O. The maximum atomic E-state index is 9.86. The van der Waals surface area contributed by atoms with E-state index in [0.29, 0.717) is 5.52 Å². The standard InChI is InChI=1S/C15H18N2O/c1-11-4-3-9-17(10-11)14-8-7-12-5-2-6-13(18)15(12)16-14/h2,5-8,11,18H,3-4,9-10H2,1H3. The summed E-state index contributed by atoms with van der Waals surface area (Å²) in [5, 5.41) is 10.9. The molecule has 2 aromatic rings. The molecule has 0 saturated carbocycles. The molecule has 18 heavy (non-hydrogen) atoms. The third-order valence-corrected chi connectivity index (χ3v) is 3.67. The summed E-state index contributed by atoms with van der Waals surface area (Å²) in [7, 11) is 0. The first-order valence-corrected chi connectivity index (χ1v) is 6.58. The molecule has 1 atom stereocenters. The van der Waals surface area contributed by atoms with Crippen LogP contribution < -0.4 is 4.90 Å². The molecule has 0 radical (unpaired) electrons. The molecule has 1 saturated heterocycles. The Morgan fingerprint density at radius 3 is 3.00 bits per heavy atom. The van der Waals surface area contributed by atoms with Crippen LogP contribution in [0.1, 0.15) is 19.8 Å². The summed E-state index contributed by atoms with van der Waals surface area (Å²) >= 11 is 0. The van der Waals surface area contributed by atoms with E-state index in [1.807, 2.05) is 18.2 Å². The molecule has 0 aliphatic carbocycles. The number of aromatic hydroxyl groups is 1. The van der Waals surface area contributed by atoms with Gasteiger partial charge < -0.3 is 10.0 Å². The molecule has 0 bridgehead atoms. The molecule has 0 spiro atoms. The molecule has 3 rings (SSSR count). The van der Waals surface area contributed by atoms with Crippen LogP contribution in [0.3, 0.4) is 0 Å². The van der Waals surface area contributed by atoms with Crippen LogP contribution in [0.15, 0.2) is 30.3 Å². The molecule has 3 nitrogen and oxygen atoms in total. The Bertz CT molecular complexity index is 567. The Balaban J connectivity index is 1.99. The fraction of sp³-hybridized carbons (Fsp3) is 0.400. The van der Waals surface area contributed by atoms with Crippen LogP contribution in [0.25, 0.3) is 10.9 Å². The number of fused-ring (bicyclic) bond motifs is 1. The van der Waals surface area contributed by atoms with E-state index in [2.05, 4.69) is 22.9 Å². The van der Waals surface area contributed by atoms with Crippen molar-refractivity contribution in [2.75, 3.05) is 18.0 Å². The lowest BCUT2D eigenvalue weighted by Crippen LogP contribution is -2.34. The summed E-state index contributed by atoms with van der Waals surface area (Å²) < 4.78 is 0. The first-order chi connectivity index (χ1) is 8.74. The van der Waals surface area contributed by atoms with E-state index >= 15 is 0 Å². The van der Waals surface area contributed by atoms with Crippen LogP contribution >= 0.6 is 0 Å². The summed E-state index contributed by atoms with van der Waals surface area (Å²) in [5.41, 5.74) is 0.702. The zero-order valence-electron chi connectivity index (χ0n) is 10.6. The molecule has 1 aromatic carbocycles. The number of benzene rings is 1. The van der Waals surface area contributed by atoms with Gasteiger partial charge in [-0.05, 0) is 37.0 Å². The third-order valence-electron chi connectivity index (χ3n) is 3.67. The first kappa shape index (κ1) is 11.3. The Hall–Kier alpha value is -1.77. The van der Waals surface area contributed by atoms with Gasteiger partial charge in [0.25, 0.3) is 0 Å². The molecule has 1 N–H and O–H groups in total. The summed E-state index contributed by atoms with van der Waals surface area (Å²) in [6.45, 7) is 4.41. The van der Waals surface area contributed by atoms with Gasteiger partial charge in [0, 0.05) is 18.5 Å². The quantitative estimate of drug-likeness (QED) is 0.834. The van der Waals surface area contributed by atoms with Gasteiger partial charge in [0.2, 0.25) is 0 Å². The highest BCUT2D eigenvalue weighted by Gasteiger charge is 2.17. The second-order valence-corrected chi connectivity index (χ2v) is 5.21. The summed E-state index contributed by atoms with van der Waals surface area (Å²) in [4.78, 5) is 6.93. The largest absolute Gasteiger partial charge is 0.506 e. The third kappa shape index (κ3) is 2.01. The van der Waals surface area contributed by atoms with E-state index in [1.54, 1.807) is 6.07 Å². The smallest absolute Gasteiger partial charge is 0.141 e. The highest BCUT2D eigenvalue weighted by molar-refractivity contribution is 5.85. The van der Waals surface area contributed by atoms with E-state index in [0.717, 1.165) is 30.2 Å². The van der Waals surface area contributed by atoms with Crippen molar-refractivity contribution in [3.8, 4) is 5.75 Å². The number of pyridine rings is 1. The number of anilines is 1. The number of hydrogen-bond donors (Lipinski definition) is 1. The van der Waals surface area contributed by atoms with Crippen LogP contribution in [0.2, 0.25) is 0 Å². The van der Waals surface area contributed by atoms with E-state index in [1.165, 1.54) is 12.8 Å². The minimum absolute atomic E-state index is 0.263. The molecule has 0 amide bonds. The van der Waals surface area contributed by atoms with E-state index < -0.39 is 0 Å². The highest BCUT2D eigenvalue weighted by atomic mass is 16.3. The van der Waals surface area contributed by atoms with E-state index in [9.17, 15) is 5.11 Å². The van der Waals surface area contributed by atoms with Gasteiger partial charge >= 0.3 is 0 Å². The molecule has 1 aliphatic heterocycles. The van der Waals surface area contributed by atoms with Crippen molar-refractivity contribution in [2.45, 2.75) is 19.8 Å². The predicted molar refractivity (Wildman–Crippen MR) is 74.0 cm³/mol. The van der Waals surface area contributed by atoms with Crippen LogP contribution in [0, 0.1) is 5.92 Å². The number of nitrogens with zero attached hydrogens (tertiary/aromatic N) is 2. The monoisotopic (exact) mass is 242 g/mol. The number of hydrogen-bond acceptors (Lipinski definition) is 3. The van der Waals surface area contributed by atoms with Gasteiger partial charge in [-0.25, -0.2) is 4.98 Å². The summed E-state index contributed by atoms with van der Waals surface area (Å²) in [6, 6.07) is 9.61. The normalized spacial score (nSPS) is 20.3. The van der Waals surface area contributed by atoms with Gasteiger partial charge in [0.15, 0.2) is 0 Å². The molecule has 3 heteroatoms. The topological polar surface area (TPSA) is 36.4 Å². The Morgan fingerprint density at radius 1 is 1.28 bits per heavy atom. The van der Waals surface area contributed by atoms with Crippen molar-refractivity contribution in [1.29, 1.82) is 0 Å². The highest BCUT2D eigenvalue weighted by Crippen LogP contribution is 2.27. The van der Waals surface area contributed by atoms with Gasteiger partial charge in [0.1, 0.15) is 17.1 Å².